The molecule has 1 unspecified atom stereocenters. The highest BCUT2D eigenvalue weighted by Crippen LogP contribution is 2.44. The molecule has 1 aliphatic rings. The number of benzene rings is 2. The molecule has 27 heavy (non-hydrogen) atoms. The van der Waals surface area contributed by atoms with Crippen LogP contribution < -0.4 is 5.32 Å². The minimum Gasteiger partial charge on any atom is -0.479 e. The van der Waals surface area contributed by atoms with E-state index in [0.29, 0.717) is 0 Å². The van der Waals surface area contributed by atoms with E-state index in [1.54, 1.807) is 20.8 Å². The molecule has 0 fully saturated rings. The molecule has 0 spiro atoms. The molecule has 1 amide bonds. The lowest BCUT2D eigenvalue weighted by molar-refractivity contribution is -0.148. The quantitative estimate of drug-likeness (QED) is 0.839. The number of carbonyl (C=O) groups is 2. The molecule has 0 saturated carbocycles. The normalized spacial score (nSPS) is 15.4. The molecule has 1 aliphatic carbocycles. The number of hydrogen-bond donors (Lipinski definition) is 2. The van der Waals surface area contributed by atoms with Crippen molar-refractivity contribution in [2.75, 3.05) is 6.61 Å². The number of rotatable bonds is 4. The van der Waals surface area contributed by atoms with Crippen LogP contribution in [0.3, 0.4) is 0 Å². The average Bonchev–Trinajstić information content (AvgIpc) is 2.93. The average molecular weight is 367 g/mol. The van der Waals surface area contributed by atoms with Gasteiger partial charge in [0, 0.05) is 5.92 Å². The predicted octanol–water partition coefficient (Wildman–Crippen LogP) is 4.41. The predicted molar refractivity (Wildman–Crippen MR) is 104 cm³/mol. The minimum absolute atomic E-state index is 0.0612. The van der Waals surface area contributed by atoms with Crippen LogP contribution in [0.15, 0.2) is 48.5 Å². The molecule has 2 N–H and O–H groups in total. The number of fused-ring (bicyclic) bond motifs is 3. The molecule has 0 heterocycles. The zero-order chi connectivity index (χ0) is 19.8. The summed E-state index contributed by atoms with van der Waals surface area (Å²) in [6.07, 6.45) is -0.725. The Morgan fingerprint density at radius 1 is 0.963 bits per heavy atom. The van der Waals surface area contributed by atoms with Gasteiger partial charge < -0.3 is 15.2 Å². The fourth-order valence-corrected chi connectivity index (χ4v) is 3.40. The zero-order valence-corrected chi connectivity index (χ0v) is 16.1. The molecule has 0 saturated heterocycles. The lowest BCUT2D eigenvalue weighted by atomic mass is 9.75. The summed E-state index contributed by atoms with van der Waals surface area (Å²) < 4.78 is 5.47. The molecule has 3 rings (SSSR count). The van der Waals surface area contributed by atoms with Gasteiger partial charge in [0.25, 0.3) is 0 Å². The number of carboxylic acid groups (broad SMARTS) is 1. The van der Waals surface area contributed by atoms with Crippen LogP contribution in [0.25, 0.3) is 11.1 Å². The monoisotopic (exact) mass is 367 g/mol. The van der Waals surface area contributed by atoms with Gasteiger partial charge in [0.2, 0.25) is 0 Å². The van der Waals surface area contributed by atoms with E-state index in [1.807, 2.05) is 36.4 Å². The molecule has 0 aliphatic heterocycles. The molecule has 0 bridgehead atoms. The first-order chi connectivity index (χ1) is 12.6. The first-order valence-electron chi connectivity index (χ1n) is 9.01. The van der Waals surface area contributed by atoms with Crippen LogP contribution in [0.2, 0.25) is 0 Å². The van der Waals surface area contributed by atoms with Crippen molar-refractivity contribution in [3.63, 3.8) is 0 Å². The van der Waals surface area contributed by atoms with Crippen molar-refractivity contribution in [2.45, 2.75) is 39.2 Å². The third-order valence-electron chi connectivity index (χ3n) is 5.62. The summed E-state index contributed by atoms with van der Waals surface area (Å²) in [6, 6.07) is 16.1. The smallest absolute Gasteiger partial charge is 0.408 e. The largest absolute Gasteiger partial charge is 0.479 e. The van der Waals surface area contributed by atoms with Crippen LogP contribution in [0.4, 0.5) is 4.79 Å². The second kappa shape index (κ2) is 6.72. The van der Waals surface area contributed by atoms with Gasteiger partial charge in [-0.1, -0.05) is 69.3 Å². The number of amides is 1. The SMILES string of the molecule is CC(C)(C)C(C)(NC(=O)OCC1c2ccccc2-c2ccccc21)C(=O)O. The standard InChI is InChI=1S/C22H25NO4/c1-21(2,3)22(4,19(24)25)23-20(26)27-13-18-16-11-7-5-9-14(16)15-10-6-8-12-17(15)18/h5-12,18H,13H2,1-4H3,(H,23,26)(H,24,25). The van der Waals surface area contributed by atoms with Crippen molar-refractivity contribution in [3.05, 3.63) is 59.7 Å². The molecular formula is C22H25NO4. The van der Waals surface area contributed by atoms with E-state index in [2.05, 4.69) is 17.4 Å². The zero-order valence-electron chi connectivity index (χ0n) is 16.1. The van der Waals surface area contributed by atoms with Crippen molar-refractivity contribution in [2.24, 2.45) is 5.41 Å². The summed E-state index contributed by atoms with van der Waals surface area (Å²) >= 11 is 0. The van der Waals surface area contributed by atoms with E-state index < -0.39 is 23.0 Å². The molecule has 5 heteroatoms. The van der Waals surface area contributed by atoms with E-state index in [-0.39, 0.29) is 12.5 Å². The Balaban J connectivity index is 1.77. The van der Waals surface area contributed by atoms with Gasteiger partial charge in [0.15, 0.2) is 0 Å². The van der Waals surface area contributed by atoms with E-state index in [0.717, 1.165) is 22.3 Å². The van der Waals surface area contributed by atoms with Gasteiger partial charge in [-0.3, -0.25) is 0 Å². The highest BCUT2D eigenvalue weighted by molar-refractivity contribution is 5.85. The van der Waals surface area contributed by atoms with Crippen molar-refractivity contribution in [1.29, 1.82) is 0 Å². The third kappa shape index (κ3) is 3.29. The van der Waals surface area contributed by atoms with Gasteiger partial charge in [-0.25, -0.2) is 9.59 Å². The van der Waals surface area contributed by atoms with Crippen molar-refractivity contribution >= 4 is 12.1 Å². The molecular weight excluding hydrogens is 342 g/mol. The van der Waals surface area contributed by atoms with Crippen molar-refractivity contribution < 1.29 is 19.4 Å². The topological polar surface area (TPSA) is 75.6 Å². The maximum Gasteiger partial charge on any atom is 0.408 e. The molecule has 142 valence electrons. The fraction of sp³-hybridized carbons (Fsp3) is 0.364. The Morgan fingerprint density at radius 2 is 1.44 bits per heavy atom. The Kier molecular flexibility index (Phi) is 4.72. The second-order valence-electron chi connectivity index (χ2n) is 8.13. The maximum atomic E-state index is 12.4. The van der Waals surface area contributed by atoms with Crippen LogP contribution in [0.5, 0.6) is 0 Å². The second-order valence-corrected chi connectivity index (χ2v) is 8.13. The van der Waals surface area contributed by atoms with Gasteiger partial charge in [0.1, 0.15) is 12.1 Å². The van der Waals surface area contributed by atoms with E-state index in [1.165, 1.54) is 6.92 Å². The number of alkyl carbamates (subject to hydrolysis) is 1. The molecule has 2 aromatic rings. The van der Waals surface area contributed by atoms with Crippen LogP contribution in [-0.4, -0.2) is 29.3 Å². The number of carboxylic acids is 1. The summed E-state index contributed by atoms with van der Waals surface area (Å²) in [6.45, 7) is 6.96. The summed E-state index contributed by atoms with van der Waals surface area (Å²) in [7, 11) is 0. The number of ether oxygens (including phenoxy) is 1. The van der Waals surface area contributed by atoms with Gasteiger partial charge in [-0.05, 0) is 34.6 Å². The lowest BCUT2D eigenvalue weighted by Gasteiger charge is -2.38. The van der Waals surface area contributed by atoms with E-state index >= 15 is 0 Å². The molecule has 1 atom stereocenters. The van der Waals surface area contributed by atoms with Crippen LogP contribution >= 0.6 is 0 Å². The molecule has 2 aromatic carbocycles. The Hall–Kier alpha value is -2.82. The van der Waals surface area contributed by atoms with Crippen LogP contribution in [0.1, 0.15) is 44.7 Å². The van der Waals surface area contributed by atoms with Gasteiger partial charge in [-0.15, -0.1) is 0 Å². The number of carbonyl (C=O) groups excluding carboxylic acids is 1. The van der Waals surface area contributed by atoms with Gasteiger partial charge in [-0.2, -0.15) is 0 Å². The Morgan fingerprint density at radius 3 is 1.89 bits per heavy atom. The number of hydrogen-bond acceptors (Lipinski definition) is 3. The van der Waals surface area contributed by atoms with Crippen molar-refractivity contribution in [1.82, 2.24) is 5.32 Å². The van der Waals surface area contributed by atoms with Gasteiger partial charge >= 0.3 is 12.1 Å². The number of aliphatic carboxylic acids is 1. The summed E-state index contributed by atoms with van der Waals surface area (Å²) in [5.74, 6) is -1.16. The van der Waals surface area contributed by atoms with E-state index in [4.69, 9.17) is 4.74 Å². The Labute approximate surface area is 159 Å². The first-order valence-corrected chi connectivity index (χ1v) is 9.01. The van der Waals surface area contributed by atoms with Crippen molar-refractivity contribution in [3.8, 4) is 11.1 Å². The Bertz CT molecular complexity index is 838. The summed E-state index contributed by atoms with van der Waals surface area (Å²) in [4.78, 5) is 24.1. The van der Waals surface area contributed by atoms with Gasteiger partial charge in [0.05, 0.1) is 0 Å². The summed E-state index contributed by atoms with van der Waals surface area (Å²) in [5.41, 5.74) is 2.41. The minimum atomic E-state index is -1.43. The first kappa shape index (κ1) is 19.0. The summed E-state index contributed by atoms with van der Waals surface area (Å²) in [5, 5.41) is 12.1. The molecule has 5 nitrogen and oxygen atoms in total. The van der Waals surface area contributed by atoms with Crippen LogP contribution in [-0.2, 0) is 9.53 Å². The number of nitrogens with one attached hydrogen (secondary N) is 1. The highest BCUT2D eigenvalue weighted by Gasteiger charge is 2.46. The van der Waals surface area contributed by atoms with Crippen LogP contribution in [0, 0.1) is 5.41 Å². The maximum absolute atomic E-state index is 12.4. The van der Waals surface area contributed by atoms with E-state index in [9.17, 15) is 14.7 Å². The highest BCUT2D eigenvalue weighted by atomic mass is 16.5. The molecule has 0 aromatic heterocycles. The lowest BCUT2D eigenvalue weighted by Crippen LogP contribution is -2.60. The molecule has 0 radical (unpaired) electrons. The third-order valence-corrected chi connectivity index (χ3v) is 5.62. The fourth-order valence-electron chi connectivity index (χ4n) is 3.40.